The van der Waals surface area contributed by atoms with Gasteiger partial charge in [-0.1, -0.05) is 6.07 Å². The van der Waals surface area contributed by atoms with Crippen molar-refractivity contribution in [3.63, 3.8) is 0 Å². The van der Waals surface area contributed by atoms with Crippen LogP contribution in [0.15, 0.2) is 40.9 Å². The van der Waals surface area contributed by atoms with Gasteiger partial charge >= 0.3 is 5.69 Å². The van der Waals surface area contributed by atoms with Crippen molar-refractivity contribution in [1.29, 1.82) is 0 Å². The molecular formula is C14H12BrFN2O3. The van der Waals surface area contributed by atoms with E-state index in [1.165, 1.54) is 6.07 Å². The highest BCUT2D eigenvalue weighted by Gasteiger charge is 2.15. The molecule has 2 N–H and O–H groups in total. The van der Waals surface area contributed by atoms with Gasteiger partial charge in [-0.25, -0.2) is 0 Å². The average molecular weight is 355 g/mol. The summed E-state index contributed by atoms with van der Waals surface area (Å²) in [6.45, 7) is 1.86. The molecule has 0 radical (unpaired) electrons. The normalized spacial score (nSPS) is 12.0. The van der Waals surface area contributed by atoms with E-state index in [0.29, 0.717) is 10.2 Å². The summed E-state index contributed by atoms with van der Waals surface area (Å²) in [7, 11) is 0. The molecule has 0 bridgehead atoms. The number of hydrogen-bond donors (Lipinski definition) is 1. The van der Waals surface area contributed by atoms with E-state index in [-0.39, 0.29) is 11.8 Å². The SMILES string of the molecule is C[C@H](N)c1ccc(Oc2ccc([N+](=O)[O-])c(F)c2)c(Br)c1. The Morgan fingerprint density at radius 3 is 2.57 bits per heavy atom. The van der Waals surface area contributed by atoms with Gasteiger partial charge in [-0.2, -0.15) is 4.39 Å². The van der Waals surface area contributed by atoms with Gasteiger partial charge in [0, 0.05) is 18.2 Å². The van der Waals surface area contributed by atoms with Crippen LogP contribution < -0.4 is 10.5 Å². The summed E-state index contributed by atoms with van der Waals surface area (Å²) in [6, 6.07) is 8.56. The van der Waals surface area contributed by atoms with Crippen LogP contribution in [0.5, 0.6) is 11.5 Å². The van der Waals surface area contributed by atoms with Gasteiger partial charge in [0.1, 0.15) is 11.5 Å². The molecule has 0 spiro atoms. The molecular weight excluding hydrogens is 343 g/mol. The number of rotatable bonds is 4. The summed E-state index contributed by atoms with van der Waals surface area (Å²) in [6.07, 6.45) is 0. The lowest BCUT2D eigenvalue weighted by Gasteiger charge is -2.11. The molecule has 0 saturated heterocycles. The first-order valence-electron chi connectivity index (χ1n) is 6.05. The molecule has 110 valence electrons. The molecule has 0 heterocycles. The lowest BCUT2D eigenvalue weighted by atomic mass is 10.1. The lowest BCUT2D eigenvalue weighted by molar-refractivity contribution is -0.387. The fourth-order valence-electron chi connectivity index (χ4n) is 1.71. The van der Waals surface area contributed by atoms with Crippen molar-refractivity contribution in [2.24, 2.45) is 5.73 Å². The quantitative estimate of drug-likeness (QED) is 0.655. The first-order chi connectivity index (χ1) is 9.88. The molecule has 2 aromatic rings. The van der Waals surface area contributed by atoms with Gasteiger partial charge in [-0.05, 0) is 46.6 Å². The minimum absolute atomic E-state index is 0.118. The molecule has 21 heavy (non-hydrogen) atoms. The minimum atomic E-state index is -0.944. The van der Waals surface area contributed by atoms with Gasteiger partial charge in [0.05, 0.1) is 9.40 Å². The molecule has 0 unspecified atom stereocenters. The van der Waals surface area contributed by atoms with Crippen molar-refractivity contribution >= 4 is 21.6 Å². The Kier molecular flexibility index (Phi) is 4.54. The number of nitrogens with zero attached hydrogens (tertiary/aromatic N) is 1. The van der Waals surface area contributed by atoms with Crippen LogP contribution in [-0.4, -0.2) is 4.92 Å². The first kappa shape index (κ1) is 15.4. The third kappa shape index (κ3) is 3.56. The number of hydrogen-bond acceptors (Lipinski definition) is 4. The zero-order chi connectivity index (χ0) is 15.6. The van der Waals surface area contributed by atoms with E-state index >= 15 is 0 Å². The number of nitro groups is 1. The maximum atomic E-state index is 13.5. The Bertz CT molecular complexity index is 692. The fourth-order valence-corrected chi connectivity index (χ4v) is 2.19. The monoisotopic (exact) mass is 354 g/mol. The maximum absolute atomic E-state index is 13.5. The molecule has 0 aromatic heterocycles. The molecule has 2 aromatic carbocycles. The zero-order valence-corrected chi connectivity index (χ0v) is 12.6. The third-order valence-electron chi connectivity index (χ3n) is 2.83. The second-order valence-electron chi connectivity index (χ2n) is 4.45. The van der Waals surface area contributed by atoms with Gasteiger partial charge < -0.3 is 10.5 Å². The summed E-state index contributed by atoms with van der Waals surface area (Å²) in [4.78, 5) is 9.77. The fraction of sp³-hybridized carbons (Fsp3) is 0.143. The van der Waals surface area contributed by atoms with E-state index in [1.54, 1.807) is 12.1 Å². The third-order valence-corrected chi connectivity index (χ3v) is 3.45. The number of nitro benzene ring substituents is 1. The first-order valence-corrected chi connectivity index (χ1v) is 6.84. The van der Waals surface area contributed by atoms with Crippen molar-refractivity contribution in [3.8, 4) is 11.5 Å². The smallest absolute Gasteiger partial charge is 0.305 e. The maximum Gasteiger partial charge on any atom is 0.305 e. The Hall–Kier alpha value is -1.99. The second kappa shape index (κ2) is 6.19. The Labute approximate surface area is 128 Å². The number of halogens is 2. The predicted molar refractivity (Wildman–Crippen MR) is 79.9 cm³/mol. The highest BCUT2D eigenvalue weighted by Crippen LogP contribution is 2.33. The molecule has 0 aliphatic rings. The van der Waals surface area contributed by atoms with Crippen LogP contribution in [0, 0.1) is 15.9 Å². The highest BCUT2D eigenvalue weighted by atomic mass is 79.9. The molecule has 2 rings (SSSR count). The van der Waals surface area contributed by atoms with Crippen molar-refractivity contribution in [3.05, 3.63) is 62.4 Å². The number of nitrogens with two attached hydrogens (primary N) is 1. The van der Waals surface area contributed by atoms with E-state index in [2.05, 4.69) is 15.9 Å². The van der Waals surface area contributed by atoms with E-state index in [0.717, 1.165) is 17.7 Å². The molecule has 5 nitrogen and oxygen atoms in total. The van der Waals surface area contributed by atoms with Gasteiger partial charge in [-0.15, -0.1) is 0 Å². The van der Waals surface area contributed by atoms with Crippen LogP contribution >= 0.6 is 15.9 Å². The molecule has 1 atom stereocenters. The predicted octanol–water partition coefficient (Wildman–Crippen LogP) is 4.31. The molecule has 0 aliphatic carbocycles. The highest BCUT2D eigenvalue weighted by molar-refractivity contribution is 9.10. The molecule has 0 saturated carbocycles. The van der Waals surface area contributed by atoms with E-state index in [9.17, 15) is 14.5 Å². The Morgan fingerprint density at radius 1 is 1.33 bits per heavy atom. The number of ether oxygens (including phenoxy) is 1. The van der Waals surface area contributed by atoms with Crippen molar-refractivity contribution in [2.75, 3.05) is 0 Å². The summed E-state index contributed by atoms with van der Waals surface area (Å²) >= 11 is 3.35. The summed E-state index contributed by atoms with van der Waals surface area (Å²) < 4.78 is 19.7. The average Bonchev–Trinajstić information content (AvgIpc) is 2.40. The molecule has 0 aliphatic heterocycles. The van der Waals surface area contributed by atoms with Crippen LogP contribution in [0.1, 0.15) is 18.5 Å². The summed E-state index contributed by atoms with van der Waals surface area (Å²) in [5.74, 6) is -0.305. The van der Waals surface area contributed by atoms with E-state index in [1.807, 2.05) is 13.0 Å². The second-order valence-corrected chi connectivity index (χ2v) is 5.31. The van der Waals surface area contributed by atoms with E-state index in [4.69, 9.17) is 10.5 Å². The van der Waals surface area contributed by atoms with Gasteiger partial charge in [-0.3, -0.25) is 10.1 Å². The Morgan fingerprint density at radius 2 is 2.05 bits per heavy atom. The van der Waals surface area contributed by atoms with Crippen LogP contribution in [0.3, 0.4) is 0 Å². The summed E-state index contributed by atoms with van der Waals surface area (Å²) in [5, 5.41) is 10.6. The van der Waals surface area contributed by atoms with Crippen LogP contribution in [0.25, 0.3) is 0 Å². The largest absolute Gasteiger partial charge is 0.456 e. The van der Waals surface area contributed by atoms with Gasteiger partial charge in [0.2, 0.25) is 5.82 Å². The van der Waals surface area contributed by atoms with E-state index < -0.39 is 16.4 Å². The molecule has 0 amide bonds. The summed E-state index contributed by atoms with van der Waals surface area (Å²) in [5.41, 5.74) is 6.11. The molecule has 0 fully saturated rings. The van der Waals surface area contributed by atoms with Crippen LogP contribution in [0.4, 0.5) is 10.1 Å². The van der Waals surface area contributed by atoms with Crippen molar-refractivity contribution in [2.45, 2.75) is 13.0 Å². The van der Waals surface area contributed by atoms with Crippen molar-refractivity contribution in [1.82, 2.24) is 0 Å². The van der Waals surface area contributed by atoms with Crippen molar-refractivity contribution < 1.29 is 14.1 Å². The zero-order valence-electron chi connectivity index (χ0n) is 11.0. The molecule has 7 heteroatoms. The van der Waals surface area contributed by atoms with Gasteiger partial charge in [0.15, 0.2) is 0 Å². The topological polar surface area (TPSA) is 78.4 Å². The van der Waals surface area contributed by atoms with Gasteiger partial charge in [0.25, 0.3) is 0 Å². The minimum Gasteiger partial charge on any atom is -0.456 e. The Balaban J connectivity index is 2.26. The van der Waals surface area contributed by atoms with Crippen LogP contribution in [-0.2, 0) is 0 Å². The lowest BCUT2D eigenvalue weighted by Crippen LogP contribution is -2.04. The standard InChI is InChI=1S/C14H12BrFN2O3/c1-8(17)9-2-5-14(11(15)6-9)21-10-3-4-13(18(19)20)12(16)7-10/h2-8H,17H2,1H3/t8-/m0/s1. The van der Waals surface area contributed by atoms with Crippen LogP contribution in [0.2, 0.25) is 0 Å². The number of benzene rings is 2.